The summed E-state index contributed by atoms with van der Waals surface area (Å²) in [5.41, 5.74) is 13.1. The highest BCUT2D eigenvalue weighted by molar-refractivity contribution is 5.46. The molecule has 1 aromatic heterocycles. The number of hydrogen-bond acceptors (Lipinski definition) is 3. The first kappa shape index (κ1) is 8.90. The Hall–Kier alpha value is -1.19. The Balaban J connectivity index is 2.93. The minimum atomic E-state index is -0.127. The standard InChI is InChI=1S/C9H13N3/c1-2-7-3-8(6-12-5-7)9(11)4-10/h2-3,5-6,9H,1,4,10-11H2/t9-/m0/s1. The molecule has 0 unspecified atom stereocenters. The first-order valence-corrected chi connectivity index (χ1v) is 3.81. The quantitative estimate of drug-likeness (QED) is 0.688. The summed E-state index contributed by atoms with van der Waals surface area (Å²) >= 11 is 0. The molecule has 1 aromatic rings. The molecule has 12 heavy (non-hydrogen) atoms. The Bertz CT molecular complexity index is 270. The van der Waals surface area contributed by atoms with Gasteiger partial charge in [-0.25, -0.2) is 0 Å². The van der Waals surface area contributed by atoms with Gasteiger partial charge in [-0.1, -0.05) is 12.7 Å². The molecule has 0 spiro atoms. The summed E-state index contributed by atoms with van der Waals surface area (Å²) < 4.78 is 0. The van der Waals surface area contributed by atoms with Gasteiger partial charge in [0, 0.05) is 25.0 Å². The largest absolute Gasteiger partial charge is 0.329 e. The molecular formula is C9H13N3. The Kier molecular flexibility index (Phi) is 2.96. The highest BCUT2D eigenvalue weighted by Gasteiger charge is 2.02. The normalized spacial score (nSPS) is 12.5. The van der Waals surface area contributed by atoms with Crippen molar-refractivity contribution >= 4 is 6.08 Å². The van der Waals surface area contributed by atoms with Crippen molar-refractivity contribution in [2.75, 3.05) is 6.54 Å². The first-order valence-electron chi connectivity index (χ1n) is 3.81. The summed E-state index contributed by atoms with van der Waals surface area (Å²) in [6.07, 6.45) is 5.20. The lowest BCUT2D eigenvalue weighted by molar-refractivity contribution is 0.733. The van der Waals surface area contributed by atoms with Gasteiger partial charge in [0.1, 0.15) is 0 Å². The second-order valence-electron chi connectivity index (χ2n) is 2.60. The van der Waals surface area contributed by atoms with E-state index in [0.717, 1.165) is 11.1 Å². The van der Waals surface area contributed by atoms with Gasteiger partial charge >= 0.3 is 0 Å². The highest BCUT2D eigenvalue weighted by atomic mass is 14.7. The van der Waals surface area contributed by atoms with E-state index in [4.69, 9.17) is 11.5 Å². The van der Waals surface area contributed by atoms with Crippen LogP contribution in [0.25, 0.3) is 6.08 Å². The third kappa shape index (κ3) is 1.90. The van der Waals surface area contributed by atoms with E-state index in [1.165, 1.54) is 0 Å². The highest BCUT2D eigenvalue weighted by Crippen LogP contribution is 2.09. The van der Waals surface area contributed by atoms with E-state index in [1.54, 1.807) is 18.5 Å². The molecule has 0 aliphatic heterocycles. The average Bonchev–Trinajstić information content (AvgIpc) is 2.17. The van der Waals surface area contributed by atoms with Crippen LogP contribution in [0, 0.1) is 0 Å². The zero-order chi connectivity index (χ0) is 8.97. The summed E-state index contributed by atoms with van der Waals surface area (Å²) in [5, 5.41) is 0. The molecule has 0 amide bonds. The molecule has 1 heterocycles. The lowest BCUT2D eigenvalue weighted by Crippen LogP contribution is -2.20. The maximum atomic E-state index is 5.72. The van der Waals surface area contributed by atoms with E-state index in [1.807, 2.05) is 6.07 Å². The van der Waals surface area contributed by atoms with Gasteiger partial charge in [-0.2, -0.15) is 0 Å². The van der Waals surface area contributed by atoms with Crippen LogP contribution in [0.1, 0.15) is 17.2 Å². The van der Waals surface area contributed by atoms with Crippen LogP contribution in [0.15, 0.2) is 25.0 Å². The number of aromatic nitrogens is 1. The fourth-order valence-corrected chi connectivity index (χ4v) is 0.927. The van der Waals surface area contributed by atoms with Crippen LogP contribution in [-0.2, 0) is 0 Å². The summed E-state index contributed by atoms with van der Waals surface area (Å²) in [7, 11) is 0. The van der Waals surface area contributed by atoms with Crippen LogP contribution >= 0.6 is 0 Å². The maximum absolute atomic E-state index is 5.72. The van der Waals surface area contributed by atoms with Gasteiger partial charge < -0.3 is 11.5 Å². The van der Waals surface area contributed by atoms with Gasteiger partial charge in [-0.3, -0.25) is 4.98 Å². The van der Waals surface area contributed by atoms with E-state index in [9.17, 15) is 0 Å². The smallest absolute Gasteiger partial charge is 0.0435 e. The molecule has 0 saturated carbocycles. The number of pyridine rings is 1. The molecule has 1 atom stereocenters. The van der Waals surface area contributed by atoms with Gasteiger partial charge in [0.25, 0.3) is 0 Å². The van der Waals surface area contributed by atoms with Crippen molar-refractivity contribution < 1.29 is 0 Å². The number of rotatable bonds is 3. The van der Waals surface area contributed by atoms with Gasteiger partial charge in [-0.05, 0) is 17.2 Å². The lowest BCUT2D eigenvalue weighted by atomic mass is 10.1. The molecule has 0 radical (unpaired) electrons. The molecule has 0 aromatic carbocycles. The number of hydrogen-bond donors (Lipinski definition) is 2. The summed E-state index contributed by atoms with van der Waals surface area (Å²) in [6.45, 7) is 4.08. The van der Waals surface area contributed by atoms with Crippen LogP contribution < -0.4 is 11.5 Å². The lowest BCUT2D eigenvalue weighted by Gasteiger charge is -2.08. The van der Waals surface area contributed by atoms with Crippen LogP contribution in [0.2, 0.25) is 0 Å². The molecular weight excluding hydrogens is 150 g/mol. The third-order valence-electron chi connectivity index (χ3n) is 1.70. The van der Waals surface area contributed by atoms with E-state index >= 15 is 0 Å². The molecule has 0 bridgehead atoms. The van der Waals surface area contributed by atoms with Crippen molar-refractivity contribution in [3.05, 3.63) is 36.2 Å². The predicted octanol–water partition coefficient (Wildman–Crippen LogP) is 0.683. The van der Waals surface area contributed by atoms with Crippen LogP contribution in [0.4, 0.5) is 0 Å². The van der Waals surface area contributed by atoms with Crippen LogP contribution in [0.3, 0.4) is 0 Å². The van der Waals surface area contributed by atoms with Crippen molar-refractivity contribution in [3.63, 3.8) is 0 Å². The molecule has 0 aliphatic rings. The van der Waals surface area contributed by atoms with Crippen LogP contribution in [-0.4, -0.2) is 11.5 Å². The van der Waals surface area contributed by atoms with E-state index < -0.39 is 0 Å². The molecule has 0 saturated heterocycles. The zero-order valence-corrected chi connectivity index (χ0v) is 6.90. The predicted molar refractivity (Wildman–Crippen MR) is 50.3 cm³/mol. The van der Waals surface area contributed by atoms with Crippen molar-refractivity contribution in [1.29, 1.82) is 0 Å². The third-order valence-corrected chi connectivity index (χ3v) is 1.70. The Labute approximate surface area is 72.1 Å². The Morgan fingerprint density at radius 1 is 1.58 bits per heavy atom. The second-order valence-corrected chi connectivity index (χ2v) is 2.60. The monoisotopic (exact) mass is 163 g/mol. The van der Waals surface area contributed by atoms with Crippen molar-refractivity contribution in [1.82, 2.24) is 4.98 Å². The van der Waals surface area contributed by atoms with Gasteiger partial charge in [0.05, 0.1) is 0 Å². The second kappa shape index (κ2) is 3.99. The fraction of sp³-hybridized carbons (Fsp3) is 0.222. The van der Waals surface area contributed by atoms with Crippen LogP contribution in [0.5, 0.6) is 0 Å². The Morgan fingerprint density at radius 3 is 2.92 bits per heavy atom. The van der Waals surface area contributed by atoms with Crippen molar-refractivity contribution in [2.24, 2.45) is 11.5 Å². The van der Waals surface area contributed by atoms with E-state index in [2.05, 4.69) is 11.6 Å². The number of nitrogens with two attached hydrogens (primary N) is 2. The van der Waals surface area contributed by atoms with E-state index in [-0.39, 0.29) is 6.04 Å². The minimum absolute atomic E-state index is 0.127. The molecule has 1 rings (SSSR count). The topological polar surface area (TPSA) is 64.9 Å². The molecule has 0 fully saturated rings. The first-order chi connectivity index (χ1) is 5.77. The average molecular weight is 163 g/mol. The zero-order valence-electron chi connectivity index (χ0n) is 6.90. The van der Waals surface area contributed by atoms with Gasteiger partial charge in [0.15, 0.2) is 0 Å². The van der Waals surface area contributed by atoms with Crippen molar-refractivity contribution in [3.8, 4) is 0 Å². The summed E-state index contributed by atoms with van der Waals surface area (Å²) in [6, 6.07) is 1.81. The van der Waals surface area contributed by atoms with E-state index in [0.29, 0.717) is 6.54 Å². The maximum Gasteiger partial charge on any atom is 0.0435 e. The molecule has 3 nitrogen and oxygen atoms in total. The number of nitrogens with zero attached hydrogens (tertiary/aromatic N) is 1. The molecule has 3 heteroatoms. The SMILES string of the molecule is C=Cc1cncc([C@@H](N)CN)c1. The molecule has 4 N–H and O–H groups in total. The van der Waals surface area contributed by atoms with Gasteiger partial charge in [-0.15, -0.1) is 0 Å². The van der Waals surface area contributed by atoms with Crippen molar-refractivity contribution in [2.45, 2.75) is 6.04 Å². The summed E-state index contributed by atoms with van der Waals surface area (Å²) in [4.78, 5) is 4.02. The summed E-state index contributed by atoms with van der Waals surface area (Å²) in [5.74, 6) is 0. The van der Waals surface area contributed by atoms with Gasteiger partial charge in [0.2, 0.25) is 0 Å². The molecule has 0 aliphatic carbocycles. The minimum Gasteiger partial charge on any atom is -0.329 e. The Morgan fingerprint density at radius 2 is 2.33 bits per heavy atom. The molecule has 64 valence electrons. The fourth-order valence-electron chi connectivity index (χ4n) is 0.927.